The first-order valence-electron chi connectivity index (χ1n) is 9.62. The first-order chi connectivity index (χ1) is 13.6. The Bertz CT molecular complexity index is 886. The summed E-state index contributed by atoms with van der Waals surface area (Å²) in [5.74, 6) is 0.795. The van der Waals surface area contributed by atoms with Crippen molar-refractivity contribution in [2.45, 2.75) is 19.3 Å². The molecule has 6 nitrogen and oxygen atoms in total. The van der Waals surface area contributed by atoms with Gasteiger partial charge in [0.15, 0.2) is 11.5 Å². The number of carboxylic acid groups (broad SMARTS) is 1. The number of fused-ring (bicyclic) bond motifs is 1. The summed E-state index contributed by atoms with van der Waals surface area (Å²) in [4.78, 5) is 26.1. The summed E-state index contributed by atoms with van der Waals surface area (Å²) >= 11 is 0. The Labute approximate surface area is 163 Å². The number of carbonyl (C=O) groups excluding carboxylic acids is 1. The zero-order valence-electron chi connectivity index (χ0n) is 15.6. The van der Waals surface area contributed by atoms with Gasteiger partial charge >= 0.3 is 5.97 Å². The number of ether oxygens (including phenoxy) is 2. The van der Waals surface area contributed by atoms with E-state index in [0.29, 0.717) is 54.8 Å². The van der Waals surface area contributed by atoms with E-state index in [1.807, 2.05) is 17.0 Å². The quantitative estimate of drug-likeness (QED) is 0.880. The van der Waals surface area contributed by atoms with E-state index in [2.05, 4.69) is 0 Å². The lowest BCUT2D eigenvalue weighted by Crippen LogP contribution is -2.39. The van der Waals surface area contributed by atoms with E-state index >= 15 is 0 Å². The molecule has 0 aliphatic carbocycles. The number of aromatic carboxylic acids is 1. The lowest BCUT2D eigenvalue weighted by atomic mass is 9.88. The van der Waals surface area contributed by atoms with Crippen LogP contribution in [0, 0.1) is 5.92 Å². The molecule has 0 atom stereocenters. The summed E-state index contributed by atoms with van der Waals surface area (Å²) in [6, 6.07) is 12.5. The summed E-state index contributed by atoms with van der Waals surface area (Å²) in [6.45, 7) is 2.37. The van der Waals surface area contributed by atoms with Crippen molar-refractivity contribution in [3.8, 4) is 11.5 Å². The molecule has 0 unspecified atom stereocenters. The van der Waals surface area contributed by atoms with E-state index in [1.54, 1.807) is 30.3 Å². The van der Waals surface area contributed by atoms with Crippen LogP contribution in [0.15, 0.2) is 42.5 Å². The number of hydrogen-bond donors (Lipinski definition) is 1. The predicted molar refractivity (Wildman–Crippen MR) is 103 cm³/mol. The second kappa shape index (κ2) is 7.92. The van der Waals surface area contributed by atoms with Crippen LogP contribution in [0.3, 0.4) is 0 Å². The van der Waals surface area contributed by atoms with Crippen molar-refractivity contribution in [3.05, 3.63) is 59.2 Å². The van der Waals surface area contributed by atoms with Crippen LogP contribution in [0.1, 0.15) is 39.1 Å². The van der Waals surface area contributed by atoms with Gasteiger partial charge in [-0.05, 0) is 55.0 Å². The molecule has 4 rings (SSSR count). The summed E-state index contributed by atoms with van der Waals surface area (Å²) in [6.07, 6.45) is 2.46. The Morgan fingerprint density at radius 2 is 1.71 bits per heavy atom. The zero-order valence-corrected chi connectivity index (χ0v) is 15.6. The fourth-order valence-electron chi connectivity index (χ4n) is 3.92. The number of rotatable bonds is 4. The highest BCUT2D eigenvalue weighted by molar-refractivity contribution is 5.95. The van der Waals surface area contributed by atoms with Crippen LogP contribution in [0.2, 0.25) is 0 Å². The number of amides is 1. The molecule has 1 saturated heterocycles. The second-order valence-corrected chi connectivity index (χ2v) is 7.26. The molecule has 6 heteroatoms. The van der Waals surface area contributed by atoms with Crippen LogP contribution >= 0.6 is 0 Å². The number of benzene rings is 2. The van der Waals surface area contributed by atoms with Crippen molar-refractivity contribution < 1.29 is 24.2 Å². The van der Waals surface area contributed by atoms with E-state index < -0.39 is 5.97 Å². The van der Waals surface area contributed by atoms with Crippen LogP contribution < -0.4 is 9.47 Å². The van der Waals surface area contributed by atoms with Gasteiger partial charge in [-0.25, -0.2) is 4.79 Å². The van der Waals surface area contributed by atoms with Crippen LogP contribution in [-0.4, -0.2) is 48.2 Å². The van der Waals surface area contributed by atoms with Crippen molar-refractivity contribution in [3.63, 3.8) is 0 Å². The second-order valence-electron chi connectivity index (χ2n) is 7.26. The Hall–Kier alpha value is -3.02. The average molecular weight is 381 g/mol. The topological polar surface area (TPSA) is 76.1 Å². The van der Waals surface area contributed by atoms with Gasteiger partial charge in [0.05, 0.1) is 5.56 Å². The number of likely N-dealkylation sites (tertiary alicyclic amines) is 1. The maximum absolute atomic E-state index is 12.8. The first kappa shape index (κ1) is 18.3. The average Bonchev–Trinajstić information content (AvgIpc) is 2.73. The number of piperidine rings is 1. The smallest absolute Gasteiger partial charge is 0.335 e. The minimum atomic E-state index is -0.887. The van der Waals surface area contributed by atoms with Crippen molar-refractivity contribution in [1.82, 2.24) is 4.90 Å². The Morgan fingerprint density at radius 1 is 1.00 bits per heavy atom. The standard InChI is InChI=1S/C22H23NO5/c24-21(17-5-6-19-20(14-17)28-12-11-27-19)23-9-7-15(8-10-23)13-16-3-1-2-4-18(16)22(25)26/h1-6,14-15H,7-13H2,(H,25,26). The molecular formula is C22H23NO5. The molecule has 2 heterocycles. The molecule has 2 aliphatic rings. The highest BCUT2D eigenvalue weighted by Crippen LogP contribution is 2.32. The minimum absolute atomic E-state index is 0.00126. The highest BCUT2D eigenvalue weighted by Gasteiger charge is 2.26. The normalized spacial score (nSPS) is 16.6. The molecule has 1 amide bonds. The van der Waals surface area contributed by atoms with Crippen molar-refractivity contribution in [2.24, 2.45) is 5.92 Å². The fraction of sp³-hybridized carbons (Fsp3) is 0.364. The molecule has 0 aromatic heterocycles. The molecule has 28 heavy (non-hydrogen) atoms. The Balaban J connectivity index is 1.38. The third-order valence-electron chi connectivity index (χ3n) is 5.45. The van der Waals surface area contributed by atoms with Gasteiger partial charge in [0, 0.05) is 18.7 Å². The maximum atomic E-state index is 12.8. The van der Waals surface area contributed by atoms with Gasteiger partial charge in [0.2, 0.25) is 0 Å². The molecule has 2 aromatic rings. The summed E-state index contributed by atoms with van der Waals surface area (Å²) < 4.78 is 11.1. The van der Waals surface area contributed by atoms with Gasteiger partial charge in [0.1, 0.15) is 13.2 Å². The lowest BCUT2D eigenvalue weighted by molar-refractivity contribution is 0.0689. The number of carboxylic acids is 1. The molecule has 0 spiro atoms. The van der Waals surface area contributed by atoms with E-state index in [-0.39, 0.29) is 5.91 Å². The van der Waals surface area contributed by atoms with Crippen molar-refractivity contribution >= 4 is 11.9 Å². The molecule has 0 bridgehead atoms. The Kier molecular flexibility index (Phi) is 5.19. The van der Waals surface area contributed by atoms with Crippen LogP contribution in [0.25, 0.3) is 0 Å². The maximum Gasteiger partial charge on any atom is 0.335 e. The number of carbonyl (C=O) groups is 2. The summed E-state index contributed by atoms with van der Waals surface area (Å²) in [5, 5.41) is 9.35. The number of hydrogen-bond acceptors (Lipinski definition) is 4. The van der Waals surface area contributed by atoms with E-state index in [9.17, 15) is 14.7 Å². The fourth-order valence-corrected chi connectivity index (χ4v) is 3.92. The van der Waals surface area contributed by atoms with Gasteiger partial charge in [-0.1, -0.05) is 18.2 Å². The van der Waals surface area contributed by atoms with Crippen molar-refractivity contribution in [2.75, 3.05) is 26.3 Å². The van der Waals surface area contributed by atoms with Gasteiger partial charge in [-0.2, -0.15) is 0 Å². The van der Waals surface area contributed by atoms with Gasteiger partial charge in [0.25, 0.3) is 5.91 Å². The van der Waals surface area contributed by atoms with E-state index in [0.717, 1.165) is 24.8 Å². The minimum Gasteiger partial charge on any atom is -0.486 e. The molecule has 146 valence electrons. The van der Waals surface area contributed by atoms with Crippen molar-refractivity contribution in [1.29, 1.82) is 0 Å². The largest absolute Gasteiger partial charge is 0.486 e. The summed E-state index contributed by atoms with van der Waals surface area (Å²) in [5.41, 5.74) is 1.85. The zero-order chi connectivity index (χ0) is 19.5. The van der Waals surface area contributed by atoms with Crippen LogP contribution in [-0.2, 0) is 6.42 Å². The van der Waals surface area contributed by atoms with Crippen LogP contribution in [0.5, 0.6) is 11.5 Å². The molecule has 2 aromatic carbocycles. The van der Waals surface area contributed by atoms with E-state index in [1.165, 1.54) is 0 Å². The SMILES string of the molecule is O=C(O)c1ccccc1CC1CCN(C(=O)c2ccc3c(c2)OCCO3)CC1. The van der Waals surface area contributed by atoms with Gasteiger partial charge in [-0.15, -0.1) is 0 Å². The highest BCUT2D eigenvalue weighted by atomic mass is 16.6. The number of nitrogens with zero attached hydrogens (tertiary/aromatic N) is 1. The van der Waals surface area contributed by atoms with Gasteiger partial charge in [-0.3, -0.25) is 4.79 Å². The monoisotopic (exact) mass is 381 g/mol. The van der Waals surface area contributed by atoms with Crippen LogP contribution in [0.4, 0.5) is 0 Å². The third kappa shape index (κ3) is 3.81. The lowest BCUT2D eigenvalue weighted by Gasteiger charge is -2.32. The molecular weight excluding hydrogens is 358 g/mol. The molecule has 0 saturated carbocycles. The first-order valence-corrected chi connectivity index (χ1v) is 9.62. The molecule has 0 radical (unpaired) electrons. The third-order valence-corrected chi connectivity index (χ3v) is 5.45. The summed E-state index contributed by atoms with van der Waals surface area (Å²) in [7, 11) is 0. The van der Waals surface area contributed by atoms with E-state index in [4.69, 9.17) is 9.47 Å². The molecule has 1 fully saturated rings. The predicted octanol–water partition coefficient (Wildman–Crippen LogP) is 3.25. The Morgan fingerprint density at radius 3 is 2.46 bits per heavy atom. The van der Waals surface area contributed by atoms with Gasteiger partial charge < -0.3 is 19.5 Å². The molecule has 1 N–H and O–H groups in total. The molecule has 2 aliphatic heterocycles.